The smallest absolute Gasteiger partial charge is 0.233 e. The van der Waals surface area contributed by atoms with Crippen molar-refractivity contribution in [3.05, 3.63) is 95.1 Å². The minimum Gasteiger partial charge on any atom is -0.283 e. The number of anilines is 1. The molecule has 1 aromatic heterocycles. The summed E-state index contributed by atoms with van der Waals surface area (Å²) in [6.45, 7) is 2.27. The molecule has 1 heterocycles. The van der Waals surface area contributed by atoms with Gasteiger partial charge in [-0.25, -0.2) is 13.8 Å². The Labute approximate surface area is 171 Å². The molecule has 0 fully saturated rings. The number of hydrogen-bond donors (Lipinski definition) is 0. The Morgan fingerprint density at radius 1 is 1.00 bits per heavy atom. The molecule has 0 saturated carbocycles. The van der Waals surface area contributed by atoms with Gasteiger partial charge in [0.1, 0.15) is 11.3 Å². The van der Waals surface area contributed by atoms with Crippen LogP contribution in [0.2, 0.25) is 0 Å². The van der Waals surface area contributed by atoms with E-state index in [9.17, 15) is 13.6 Å². The molecule has 3 aromatic carbocycles. The lowest BCUT2D eigenvalue weighted by atomic mass is 10.1. The van der Waals surface area contributed by atoms with Gasteiger partial charge in [-0.05, 0) is 24.1 Å². The molecule has 0 unspecified atom stereocenters. The third kappa shape index (κ3) is 4.32. The highest BCUT2D eigenvalue weighted by molar-refractivity contribution is 7.22. The number of nitrogens with zero attached hydrogens (tertiary/aromatic N) is 2. The molecule has 0 bridgehead atoms. The van der Waals surface area contributed by atoms with Crippen LogP contribution in [0.15, 0.2) is 66.7 Å². The first-order chi connectivity index (χ1) is 14.0. The topological polar surface area (TPSA) is 33.2 Å². The second kappa shape index (κ2) is 8.09. The molecule has 0 aliphatic carbocycles. The van der Waals surface area contributed by atoms with Gasteiger partial charge in [-0.3, -0.25) is 9.69 Å². The van der Waals surface area contributed by atoms with E-state index in [2.05, 4.69) is 4.98 Å². The molecule has 29 heavy (non-hydrogen) atoms. The zero-order chi connectivity index (χ0) is 20.4. The molecule has 4 rings (SSSR count). The fraction of sp³-hybridized carbons (Fsp3) is 0.130. The summed E-state index contributed by atoms with van der Waals surface area (Å²) < 4.78 is 28.1. The molecule has 0 N–H and O–H groups in total. The quantitative estimate of drug-likeness (QED) is 0.427. The molecule has 0 spiro atoms. The van der Waals surface area contributed by atoms with Gasteiger partial charge in [0, 0.05) is 6.07 Å². The molecule has 0 atom stereocenters. The summed E-state index contributed by atoms with van der Waals surface area (Å²) in [5, 5.41) is 0.353. The van der Waals surface area contributed by atoms with Gasteiger partial charge in [0.25, 0.3) is 0 Å². The Morgan fingerprint density at radius 2 is 1.76 bits per heavy atom. The van der Waals surface area contributed by atoms with E-state index in [1.807, 2.05) is 61.5 Å². The lowest BCUT2D eigenvalue weighted by Gasteiger charge is -2.20. The van der Waals surface area contributed by atoms with Crippen LogP contribution in [-0.4, -0.2) is 10.9 Å². The van der Waals surface area contributed by atoms with Gasteiger partial charge in [-0.15, -0.1) is 0 Å². The maximum absolute atomic E-state index is 14.1. The van der Waals surface area contributed by atoms with Crippen LogP contribution in [0.3, 0.4) is 0 Å². The Bertz CT molecular complexity index is 1170. The van der Waals surface area contributed by atoms with E-state index in [1.54, 1.807) is 4.90 Å². The third-order valence-electron chi connectivity index (χ3n) is 4.56. The second-order valence-electron chi connectivity index (χ2n) is 6.86. The minimum absolute atomic E-state index is 0.0767. The predicted molar refractivity (Wildman–Crippen MR) is 112 cm³/mol. The van der Waals surface area contributed by atoms with Crippen LogP contribution in [0.4, 0.5) is 13.9 Å². The number of thiazole rings is 1. The molecule has 6 heteroatoms. The van der Waals surface area contributed by atoms with Gasteiger partial charge in [0.15, 0.2) is 10.9 Å². The van der Waals surface area contributed by atoms with Crippen LogP contribution in [0.25, 0.3) is 10.2 Å². The van der Waals surface area contributed by atoms with Gasteiger partial charge in [-0.2, -0.15) is 0 Å². The molecule has 0 radical (unpaired) electrons. The van der Waals surface area contributed by atoms with E-state index in [0.29, 0.717) is 16.4 Å². The highest BCUT2D eigenvalue weighted by atomic mass is 32.1. The van der Waals surface area contributed by atoms with Crippen molar-refractivity contribution in [1.29, 1.82) is 0 Å². The monoisotopic (exact) mass is 408 g/mol. The van der Waals surface area contributed by atoms with Gasteiger partial charge in [0.05, 0.1) is 17.7 Å². The number of rotatable bonds is 5. The van der Waals surface area contributed by atoms with Crippen molar-refractivity contribution in [2.24, 2.45) is 0 Å². The van der Waals surface area contributed by atoms with Crippen LogP contribution in [0.5, 0.6) is 0 Å². The number of carbonyl (C=O) groups is 1. The van der Waals surface area contributed by atoms with Crippen molar-refractivity contribution in [2.75, 3.05) is 4.90 Å². The summed E-state index contributed by atoms with van der Waals surface area (Å²) in [6, 6.07) is 19.3. The largest absolute Gasteiger partial charge is 0.283 e. The predicted octanol–water partition coefficient (Wildman–Crippen LogP) is 5.66. The first-order valence-corrected chi connectivity index (χ1v) is 9.96. The van der Waals surface area contributed by atoms with Crippen LogP contribution >= 0.6 is 11.3 Å². The zero-order valence-corrected chi connectivity index (χ0v) is 16.5. The van der Waals surface area contributed by atoms with E-state index < -0.39 is 11.6 Å². The van der Waals surface area contributed by atoms with Crippen molar-refractivity contribution in [2.45, 2.75) is 19.9 Å². The van der Waals surface area contributed by atoms with E-state index in [1.165, 1.54) is 6.07 Å². The molecule has 3 nitrogen and oxygen atoms in total. The van der Waals surface area contributed by atoms with Crippen molar-refractivity contribution in [3.63, 3.8) is 0 Å². The van der Waals surface area contributed by atoms with Crippen LogP contribution in [0, 0.1) is 18.6 Å². The lowest BCUT2D eigenvalue weighted by molar-refractivity contribution is -0.118. The molecule has 1 amide bonds. The van der Waals surface area contributed by atoms with E-state index in [0.717, 1.165) is 34.1 Å². The van der Waals surface area contributed by atoms with Gasteiger partial charge >= 0.3 is 0 Å². The summed E-state index contributed by atoms with van der Waals surface area (Å²) in [7, 11) is 0. The molecule has 4 aromatic rings. The molecule has 0 saturated heterocycles. The normalized spacial score (nSPS) is 11.0. The number of hydrogen-bond acceptors (Lipinski definition) is 3. The average molecular weight is 408 g/mol. The van der Waals surface area contributed by atoms with E-state index in [4.69, 9.17) is 0 Å². The van der Waals surface area contributed by atoms with Gasteiger partial charge in [0.2, 0.25) is 5.91 Å². The van der Waals surface area contributed by atoms with Crippen LogP contribution < -0.4 is 4.90 Å². The summed E-state index contributed by atoms with van der Waals surface area (Å²) in [6.07, 6.45) is 0.196. The highest BCUT2D eigenvalue weighted by Gasteiger charge is 2.22. The summed E-state index contributed by atoms with van der Waals surface area (Å²) in [4.78, 5) is 19.0. The SMILES string of the molecule is Cc1cccc(CC(=O)N(Cc2ccccc2)c2nc3c(F)cc(F)cc3s2)c1. The highest BCUT2D eigenvalue weighted by Crippen LogP contribution is 2.32. The number of aromatic nitrogens is 1. The third-order valence-corrected chi connectivity index (χ3v) is 5.58. The molecule has 146 valence electrons. The standard InChI is InChI=1S/C23H18F2N2OS/c1-15-6-5-9-17(10-15)11-21(28)27(14-16-7-3-2-4-8-16)23-26-22-19(25)12-18(24)13-20(22)29-23/h2-10,12-13H,11,14H2,1H3. The first-order valence-electron chi connectivity index (χ1n) is 9.15. The number of carbonyl (C=O) groups excluding carboxylic acids is 1. The van der Waals surface area contributed by atoms with E-state index >= 15 is 0 Å². The minimum atomic E-state index is -0.728. The number of halogens is 2. The van der Waals surface area contributed by atoms with E-state index in [-0.39, 0.29) is 17.8 Å². The maximum atomic E-state index is 14.1. The first kappa shape index (κ1) is 19.2. The molecular weight excluding hydrogens is 390 g/mol. The Balaban J connectivity index is 1.72. The number of benzene rings is 3. The lowest BCUT2D eigenvalue weighted by Crippen LogP contribution is -2.31. The number of amides is 1. The summed E-state index contributed by atoms with van der Waals surface area (Å²) in [5.74, 6) is -1.54. The number of fused-ring (bicyclic) bond motifs is 1. The maximum Gasteiger partial charge on any atom is 0.233 e. The zero-order valence-electron chi connectivity index (χ0n) is 15.7. The van der Waals surface area contributed by atoms with Crippen molar-refractivity contribution in [3.8, 4) is 0 Å². The van der Waals surface area contributed by atoms with Crippen LogP contribution in [-0.2, 0) is 17.8 Å². The van der Waals surface area contributed by atoms with Crippen LogP contribution in [0.1, 0.15) is 16.7 Å². The Hall–Kier alpha value is -3.12. The van der Waals surface area contributed by atoms with Gasteiger partial charge < -0.3 is 0 Å². The molecular formula is C23H18F2N2OS. The molecule has 0 aliphatic heterocycles. The fourth-order valence-electron chi connectivity index (χ4n) is 3.18. The second-order valence-corrected chi connectivity index (χ2v) is 7.87. The fourth-order valence-corrected chi connectivity index (χ4v) is 4.20. The Morgan fingerprint density at radius 3 is 2.52 bits per heavy atom. The molecule has 0 aliphatic rings. The van der Waals surface area contributed by atoms with Crippen molar-refractivity contribution >= 4 is 32.6 Å². The average Bonchev–Trinajstić information content (AvgIpc) is 3.11. The van der Waals surface area contributed by atoms with Crippen molar-refractivity contribution in [1.82, 2.24) is 4.98 Å². The summed E-state index contributed by atoms with van der Waals surface area (Å²) >= 11 is 1.11. The number of aryl methyl sites for hydroxylation is 1. The Kier molecular flexibility index (Phi) is 5.36. The van der Waals surface area contributed by atoms with Gasteiger partial charge in [-0.1, -0.05) is 71.5 Å². The van der Waals surface area contributed by atoms with Crippen molar-refractivity contribution < 1.29 is 13.6 Å². The summed E-state index contributed by atoms with van der Waals surface area (Å²) in [5.41, 5.74) is 2.97.